The second-order valence-electron chi connectivity index (χ2n) is 5.54. The summed E-state index contributed by atoms with van der Waals surface area (Å²) in [5.41, 5.74) is 2.30. The van der Waals surface area contributed by atoms with Crippen LogP contribution in [-0.4, -0.2) is 30.9 Å². The lowest BCUT2D eigenvalue weighted by Gasteiger charge is -2.15. The average Bonchev–Trinajstić information content (AvgIpc) is 2.52. The minimum Gasteiger partial charge on any atom is -0.490 e. The van der Waals surface area contributed by atoms with E-state index in [9.17, 15) is 4.79 Å². The Morgan fingerprint density at radius 3 is 2.24 bits per heavy atom. The lowest BCUT2D eigenvalue weighted by Crippen LogP contribution is -2.11. The number of halogens is 1. The third-order valence-electron chi connectivity index (χ3n) is 3.35. The van der Waals surface area contributed by atoms with Crippen molar-refractivity contribution in [3.8, 4) is 17.2 Å². The number of carboxylic acids is 1. The number of aryl methyl sites for hydroxylation is 2. The number of hydrogen-bond acceptors (Lipinski definition) is 4. The number of benzene rings is 2. The Hall–Kier alpha value is -2.40. The molecule has 0 saturated heterocycles. The van der Waals surface area contributed by atoms with Crippen molar-refractivity contribution >= 4 is 17.6 Å². The number of ether oxygens (including phenoxy) is 3. The van der Waals surface area contributed by atoms with Crippen LogP contribution in [0.1, 0.15) is 28.4 Å². The van der Waals surface area contributed by atoms with Gasteiger partial charge >= 0.3 is 5.97 Å². The maximum atomic E-state index is 11.1. The summed E-state index contributed by atoms with van der Waals surface area (Å²) in [6, 6.07) is 8.71. The molecule has 134 valence electrons. The molecule has 25 heavy (non-hydrogen) atoms. The van der Waals surface area contributed by atoms with Crippen LogP contribution < -0.4 is 14.2 Å². The fourth-order valence-corrected chi connectivity index (χ4v) is 2.68. The molecule has 2 aromatic carbocycles. The molecule has 0 amide bonds. The third kappa shape index (κ3) is 5.29. The summed E-state index contributed by atoms with van der Waals surface area (Å²) in [5.74, 6) is 0.322. The molecule has 0 fully saturated rings. The number of rotatable bonds is 8. The Labute approximate surface area is 152 Å². The smallest absolute Gasteiger partial charge is 0.335 e. The van der Waals surface area contributed by atoms with Crippen LogP contribution in [0.2, 0.25) is 5.02 Å². The third-order valence-corrected chi connectivity index (χ3v) is 3.63. The first-order valence-corrected chi connectivity index (χ1v) is 8.32. The summed E-state index contributed by atoms with van der Waals surface area (Å²) in [6.07, 6.45) is 0. The van der Waals surface area contributed by atoms with E-state index in [1.54, 1.807) is 6.92 Å². The molecule has 0 unspecified atom stereocenters. The van der Waals surface area contributed by atoms with E-state index in [1.807, 2.05) is 26.0 Å². The number of hydrogen-bond donors (Lipinski definition) is 1. The summed E-state index contributed by atoms with van der Waals surface area (Å²) in [7, 11) is 0. The van der Waals surface area contributed by atoms with Crippen LogP contribution in [-0.2, 0) is 0 Å². The minimum atomic E-state index is -1.08. The van der Waals surface area contributed by atoms with Crippen LogP contribution in [0.15, 0.2) is 30.3 Å². The van der Waals surface area contributed by atoms with Crippen LogP contribution in [0, 0.1) is 13.8 Å². The molecule has 0 radical (unpaired) electrons. The van der Waals surface area contributed by atoms with Gasteiger partial charge in [0.2, 0.25) is 0 Å². The Morgan fingerprint density at radius 1 is 1.00 bits per heavy atom. The highest BCUT2D eigenvalue weighted by atomic mass is 35.5. The van der Waals surface area contributed by atoms with Gasteiger partial charge in [0.15, 0.2) is 11.5 Å². The first-order valence-electron chi connectivity index (χ1n) is 7.94. The van der Waals surface area contributed by atoms with Crippen LogP contribution in [0.3, 0.4) is 0 Å². The summed E-state index contributed by atoms with van der Waals surface area (Å²) in [4.78, 5) is 11.1. The van der Waals surface area contributed by atoms with Gasteiger partial charge in [0.05, 0.1) is 17.2 Å². The van der Waals surface area contributed by atoms with Crippen molar-refractivity contribution in [2.45, 2.75) is 20.8 Å². The van der Waals surface area contributed by atoms with Gasteiger partial charge in [-0.3, -0.25) is 0 Å². The highest BCUT2D eigenvalue weighted by molar-refractivity contribution is 6.32. The largest absolute Gasteiger partial charge is 0.490 e. The fraction of sp³-hybridized carbons (Fsp3) is 0.316. The highest BCUT2D eigenvalue weighted by Crippen LogP contribution is 2.36. The maximum absolute atomic E-state index is 11.1. The Morgan fingerprint density at radius 2 is 1.64 bits per heavy atom. The van der Waals surface area contributed by atoms with Gasteiger partial charge in [-0.1, -0.05) is 17.7 Å². The van der Waals surface area contributed by atoms with Gasteiger partial charge in [0.1, 0.15) is 19.0 Å². The highest BCUT2D eigenvalue weighted by Gasteiger charge is 2.15. The van der Waals surface area contributed by atoms with Crippen molar-refractivity contribution in [2.24, 2.45) is 0 Å². The lowest BCUT2D eigenvalue weighted by molar-refractivity contribution is 0.0696. The van der Waals surface area contributed by atoms with Crippen molar-refractivity contribution in [1.82, 2.24) is 0 Å². The summed E-state index contributed by atoms with van der Waals surface area (Å²) >= 11 is 6.14. The SMILES string of the molecule is CCOc1cc(C(=O)O)cc(Cl)c1OCCOc1cc(C)cc(C)c1. The first kappa shape index (κ1) is 18.9. The Kier molecular flexibility index (Phi) is 6.53. The van der Waals surface area contributed by atoms with Gasteiger partial charge < -0.3 is 19.3 Å². The van der Waals surface area contributed by atoms with E-state index in [2.05, 4.69) is 6.07 Å². The monoisotopic (exact) mass is 364 g/mol. The zero-order valence-electron chi connectivity index (χ0n) is 14.5. The summed E-state index contributed by atoms with van der Waals surface area (Å²) in [5, 5.41) is 9.29. The normalized spacial score (nSPS) is 10.4. The standard InChI is InChI=1S/C19H21ClO5/c1-4-23-17-11-14(19(21)22)10-16(20)18(17)25-6-5-24-15-8-12(2)7-13(3)9-15/h7-11H,4-6H2,1-3H3,(H,21,22). The van der Waals surface area contributed by atoms with E-state index >= 15 is 0 Å². The quantitative estimate of drug-likeness (QED) is 0.698. The zero-order chi connectivity index (χ0) is 18.4. The number of carboxylic acid groups (broad SMARTS) is 1. The molecule has 0 saturated carbocycles. The summed E-state index contributed by atoms with van der Waals surface area (Å²) in [6.45, 7) is 6.76. The molecule has 6 heteroatoms. The van der Waals surface area contributed by atoms with Crippen molar-refractivity contribution < 1.29 is 24.1 Å². The van der Waals surface area contributed by atoms with Crippen molar-refractivity contribution in [3.05, 3.63) is 52.0 Å². The molecule has 0 aliphatic carbocycles. The molecule has 1 N–H and O–H groups in total. The van der Waals surface area contributed by atoms with Gasteiger partial charge in [-0.25, -0.2) is 4.79 Å². The van der Waals surface area contributed by atoms with E-state index in [-0.39, 0.29) is 17.2 Å². The molecule has 0 aliphatic rings. The maximum Gasteiger partial charge on any atom is 0.335 e. The molecule has 0 aliphatic heterocycles. The number of carbonyl (C=O) groups is 1. The zero-order valence-corrected chi connectivity index (χ0v) is 15.2. The molecule has 0 atom stereocenters. The van der Waals surface area contributed by atoms with E-state index in [1.165, 1.54) is 12.1 Å². The van der Waals surface area contributed by atoms with Crippen molar-refractivity contribution in [3.63, 3.8) is 0 Å². The van der Waals surface area contributed by atoms with Gasteiger partial charge in [0.25, 0.3) is 0 Å². The van der Waals surface area contributed by atoms with Crippen molar-refractivity contribution in [2.75, 3.05) is 19.8 Å². The molecule has 0 aromatic heterocycles. The predicted molar refractivity (Wildman–Crippen MR) is 96.5 cm³/mol. The molecular weight excluding hydrogens is 344 g/mol. The molecule has 5 nitrogen and oxygen atoms in total. The topological polar surface area (TPSA) is 65.0 Å². The van der Waals surface area contributed by atoms with Crippen LogP contribution >= 0.6 is 11.6 Å². The fourth-order valence-electron chi connectivity index (χ4n) is 2.41. The summed E-state index contributed by atoms with van der Waals surface area (Å²) < 4.78 is 16.8. The lowest BCUT2D eigenvalue weighted by atomic mass is 10.1. The minimum absolute atomic E-state index is 0.0484. The second kappa shape index (κ2) is 8.62. The van der Waals surface area contributed by atoms with Crippen LogP contribution in [0.5, 0.6) is 17.2 Å². The van der Waals surface area contributed by atoms with E-state index in [4.69, 9.17) is 30.9 Å². The van der Waals surface area contributed by atoms with E-state index in [0.717, 1.165) is 16.9 Å². The molecule has 0 heterocycles. The Bertz CT molecular complexity index is 737. The van der Waals surface area contributed by atoms with Crippen molar-refractivity contribution in [1.29, 1.82) is 0 Å². The van der Waals surface area contributed by atoms with Crippen LogP contribution in [0.4, 0.5) is 0 Å². The average molecular weight is 365 g/mol. The van der Waals surface area contributed by atoms with Gasteiger partial charge in [-0.15, -0.1) is 0 Å². The van der Waals surface area contributed by atoms with E-state index < -0.39 is 5.97 Å². The molecule has 0 spiro atoms. The van der Waals surface area contributed by atoms with Gasteiger partial charge in [0, 0.05) is 0 Å². The second-order valence-corrected chi connectivity index (χ2v) is 5.95. The first-order chi connectivity index (χ1) is 11.9. The Balaban J connectivity index is 2.03. The molecule has 2 aromatic rings. The van der Waals surface area contributed by atoms with Gasteiger partial charge in [-0.2, -0.15) is 0 Å². The van der Waals surface area contributed by atoms with E-state index in [0.29, 0.717) is 24.7 Å². The molecule has 0 bridgehead atoms. The van der Waals surface area contributed by atoms with Gasteiger partial charge in [-0.05, 0) is 56.2 Å². The molecule has 2 rings (SSSR count). The molecular formula is C19H21ClO5. The van der Waals surface area contributed by atoms with Crippen LogP contribution in [0.25, 0.3) is 0 Å². The predicted octanol–water partition coefficient (Wildman–Crippen LogP) is 4.51. The number of aromatic carboxylic acids is 1.